The van der Waals surface area contributed by atoms with Gasteiger partial charge in [0.2, 0.25) is 0 Å². The second-order valence-corrected chi connectivity index (χ2v) is 5.06. The molecule has 1 N–H and O–H groups in total. The normalized spacial score (nSPS) is 12.4. The third-order valence-corrected chi connectivity index (χ3v) is 3.49. The molecule has 2 aromatic carbocycles. The number of hydrogen-bond acceptors (Lipinski definition) is 1. The number of rotatable bonds is 3. The summed E-state index contributed by atoms with van der Waals surface area (Å²) in [7, 11) is 1.96. The second kappa shape index (κ2) is 5.55. The minimum Gasteiger partial charge on any atom is -0.309 e. The molecule has 0 bridgehead atoms. The van der Waals surface area contributed by atoms with Crippen LogP contribution < -0.4 is 5.32 Å². The van der Waals surface area contributed by atoms with E-state index < -0.39 is 0 Å². The molecule has 18 heavy (non-hydrogen) atoms. The van der Waals surface area contributed by atoms with Crippen LogP contribution >= 0.6 is 11.6 Å². The van der Waals surface area contributed by atoms with E-state index in [2.05, 4.69) is 55.6 Å². The van der Waals surface area contributed by atoms with Crippen molar-refractivity contribution in [3.8, 4) is 0 Å². The number of halogens is 1. The van der Waals surface area contributed by atoms with E-state index in [1.54, 1.807) is 0 Å². The van der Waals surface area contributed by atoms with Gasteiger partial charge in [-0.1, -0.05) is 53.6 Å². The maximum Gasteiger partial charge on any atom is 0.0589 e. The van der Waals surface area contributed by atoms with Gasteiger partial charge in [0.05, 0.1) is 6.04 Å². The third-order valence-electron chi connectivity index (χ3n) is 3.17. The lowest BCUT2D eigenvalue weighted by Crippen LogP contribution is -2.18. The summed E-state index contributed by atoms with van der Waals surface area (Å²) in [6, 6.07) is 14.9. The summed E-state index contributed by atoms with van der Waals surface area (Å²) in [5.41, 5.74) is 4.80. The van der Waals surface area contributed by atoms with E-state index in [4.69, 9.17) is 11.6 Å². The molecule has 2 aromatic rings. The Hall–Kier alpha value is -1.31. The van der Waals surface area contributed by atoms with Crippen molar-refractivity contribution in [1.29, 1.82) is 0 Å². The van der Waals surface area contributed by atoms with E-state index in [0.29, 0.717) is 0 Å². The van der Waals surface area contributed by atoms with Gasteiger partial charge in [0.25, 0.3) is 0 Å². The first-order valence-corrected chi connectivity index (χ1v) is 6.49. The predicted octanol–water partition coefficient (Wildman–Crippen LogP) is 4.27. The SMILES string of the molecule is CNC(c1ccc(C)cc1)c1ccc(C)cc1Cl. The second-order valence-electron chi connectivity index (χ2n) is 4.66. The fourth-order valence-corrected chi connectivity index (χ4v) is 2.47. The van der Waals surface area contributed by atoms with Crippen LogP contribution in [0.1, 0.15) is 28.3 Å². The van der Waals surface area contributed by atoms with Crippen LogP contribution in [0.3, 0.4) is 0 Å². The van der Waals surface area contributed by atoms with Crippen molar-refractivity contribution >= 4 is 11.6 Å². The molecule has 1 unspecified atom stereocenters. The highest BCUT2D eigenvalue weighted by molar-refractivity contribution is 6.31. The third kappa shape index (κ3) is 2.74. The molecule has 94 valence electrons. The molecule has 1 atom stereocenters. The van der Waals surface area contributed by atoms with Gasteiger partial charge in [-0.15, -0.1) is 0 Å². The van der Waals surface area contributed by atoms with E-state index in [0.717, 1.165) is 10.6 Å². The van der Waals surface area contributed by atoms with E-state index >= 15 is 0 Å². The van der Waals surface area contributed by atoms with Crippen LogP contribution in [0.25, 0.3) is 0 Å². The first-order chi connectivity index (χ1) is 8.61. The van der Waals surface area contributed by atoms with Gasteiger partial charge < -0.3 is 5.32 Å². The smallest absolute Gasteiger partial charge is 0.0589 e. The Bertz CT molecular complexity index is 531. The minimum absolute atomic E-state index is 0.138. The monoisotopic (exact) mass is 259 g/mol. The fourth-order valence-electron chi connectivity index (χ4n) is 2.13. The predicted molar refractivity (Wildman–Crippen MR) is 78.3 cm³/mol. The van der Waals surface area contributed by atoms with Crippen molar-refractivity contribution in [3.63, 3.8) is 0 Å². The molecule has 0 aliphatic heterocycles. The molecular weight excluding hydrogens is 242 g/mol. The molecule has 2 heteroatoms. The first-order valence-electron chi connectivity index (χ1n) is 6.11. The van der Waals surface area contributed by atoms with Crippen LogP contribution in [0.15, 0.2) is 42.5 Å². The van der Waals surface area contributed by atoms with E-state index in [9.17, 15) is 0 Å². The molecule has 0 amide bonds. The maximum absolute atomic E-state index is 6.34. The standard InChI is InChI=1S/C16H18ClN/c1-11-4-7-13(8-5-11)16(18-3)14-9-6-12(2)10-15(14)17/h4-10,16,18H,1-3H3. The van der Waals surface area contributed by atoms with Crippen LogP contribution in [0.5, 0.6) is 0 Å². The van der Waals surface area contributed by atoms with Crippen molar-refractivity contribution in [3.05, 3.63) is 69.7 Å². The van der Waals surface area contributed by atoms with Gasteiger partial charge in [0.15, 0.2) is 0 Å². The van der Waals surface area contributed by atoms with Gasteiger partial charge in [-0.25, -0.2) is 0 Å². The summed E-state index contributed by atoms with van der Waals surface area (Å²) in [6.45, 7) is 4.15. The Balaban J connectivity index is 2.41. The Morgan fingerprint density at radius 2 is 1.56 bits per heavy atom. The maximum atomic E-state index is 6.34. The Morgan fingerprint density at radius 1 is 0.944 bits per heavy atom. The van der Waals surface area contributed by atoms with Gasteiger partial charge in [0.1, 0.15) is 0 Å². The molecule has 0 radical (unpaired) electrons. The van der Waals surface area contributed by atoms with Gasteiger partial charge in [0, 0.05) is 5.02 Å². The zero-order chi connectivity index (χ0) is 13.1. The van der Waals surface area contributed by atoms with Crippen molar-refractivity contribution in [2.75, 3.05) is 7.05 Å². The fraction of sp³-hybridized carbons (Fsp3) is 0.250. The molecule has 0 aliphatic carbocycles. The lowest BCUT2D eigenvalue weighted by atomic mass is 9.97. The highest BCUT2D eigenvalue weighted by Gasteiger charge is 2.14. The Labute approximate surface area is 114 Å². The van der Waals surface area contributed by atoms with Crippen molar-refractivity contribution < 1.29 is 0 Å². The van der Waals surface area contributed by atoms with E-state index in [1.807, 2.05) is 13.1 Å². The number of benzene rings is 2. The topological polar surface area (TPSA) is 12.0 Å². The largest absolute Gasteiger partial charge is 0.309 e. The number of nitrogens with one attached hydrogen (secondary N) is 1. The van der Waals surface area contributed by atoms with Crippen LogP contribution in [0.2, 0.25) is 5.02 Å². The summed E-state index contributed by atoms with van der Waals surface area (Å²) in [5, 5.41) is 4.14. The molecule has 0 saturated heterocycles. The van der Waals surface area contributed by atoms with Crippen molar-refractivity contribution in [1.82, 2.24) is 5.32 Å². The Kier molecular flexibility index (Phi) is 4.05. The van der Waals surface area contributed by atoms with E-state index in [1.165, 1.54) is 16.7 Å². The zero-order valence-electron chi connectivity index (χ0n) is 11.0. The summed E-state index contributed by atoms with van der Waals surface area (Å²) in [4.78, 5) is 0. The van der Waals surface area contributed by atoms with Crippen molar-refractivity contribution in [2.24, 2.45) is 0 Å². The van der Waals surface area contributed by atoms with Gasteiger partial charge in [-0.2, -0.15) is 0 Å². The molecular formula is C16H18ClN. The average Bonchev–Trinajstić information content (AvgIpc) is 2.35. The quantitative estimate of drug-likeness (QED) is 0.868. The lowest BCUT2D eigenvalue weighted by Gasteiger charge is -2.19. The number of hydrogen-bond donors (Lipinski definition) is 1. The molecule has 0 aromatic heterocycles. The van der Waals surface area contributed by atoms with Gasteiger partial charge in [-0.3, -0.25) is 0 Å². The van der Waals surface area contributed by atoms with Crippen LogP contribution in [-0.4, -0.2) is 7.05 Å². The zero-order valence-corrected chi connectivity index (χ0v) is 11.8. The van der Waals surface area contributed by atoms with Crippen LogP contribution in [-0.2, 0) is 0 Å². The molecule has 0 aliphatic rings. The van der Waals surface area contributed by atoms with Gasteiger partial charge >= 0.3 is 0 Å². The minimum atomic E-state index is 0.138. The highest BCUT2D eigenvalue weighted by Crippen LogP contribution is 2.28. The summed E-state index contributed by atoms with van der Waals surface area (Å²) >= 11 is 6.34. The van der Waals surface area contributed by atoms with Crippen LogP contribution in [0.4, 0.5) is 0 Å². The lowest BCUT2D eigenvalue weighted by molar-refractivity contribution is 0.691. The average molecular weight is 260 g/mol. The first kappa shape index (κ1) is 13.1. The molecule has 2 rings (SSSR count). The Morgan fingerprint density at radius 3 is 2.11 bits per heavy atom. The molecule has 0 fully saturated rings. The molecule has 0 saturated carbocycles. The van der Waals surface area contributed by atoms with E-state index in [-0.39, 0.29) is 6.04 Å². The molecule has 0 heterocycles. The summed E-state index contributed by atoms with van der Waals surface area (Å²) in [6.07, 6.45) is 0. The summed E-state index contributed by atoms with van der Waals surface area (Å²) in [5.74, 6) is 0. The van der Waals surface area contributed by atoms with Crippen LogP contribution in [0, 0.1) is 13.8 Å². The van der Waals surface area contributed by atoms with Crippen molar-refractivity contribution in [2.45, 2.75) is 19.9 Å². The van der Waals surface area contributed by atoms with Gasteiger partial charge in [-0.05, 0) is 43.7 Å². The molecule has 1 nitrogen and oxygen atoms in total. The number of aryl methyl sites for hydroxylation is 2. The summed E-state index contributed by atoms with van der Waals surface area (Å²) < 4.78 is 0. The highest BCUT2D eigenvalue weighted by atomic mass is 35.5. The molecule has 0 spiro atoms.